The van der Waals surface area contributed by atoms with Gasteiger partial charge in [-0.25, -0.2) is 4.68 Å². The number of aryl methyl sites for hydroxylation is 1. The van der Waals surface area contributed by atoms with Crippen LogP contribution in [0, 0.1) is 0 Å². The second-order valence-electron chi connectivity index (χ2n) is 7.17. The molecular formula is C22H23N5O2. The van der Waals surface area contributed by atoms with Gasteiger partial charge in [0.05, 0.1) is 18.8 Å². The maximum Gasteiger partial charge on any atom is 0.251 e. The fraction of sp³-hybridized carbons (Fsp3) is 0.273. The molecule has 2 N–H and O–H groups in total. The van der Waals surface area contributed by atoms with Crippen LogP contribution in [0.2, 0.25) is 0 Å². The summed E-state index contributed by atoms with van der Waals surface area (Å²) in [6.45, 7) is 0.351. The first-order valence-corrected chi connectivity index (χ1v) is 9.78. The van der Waals surface area contributed by atoms with Crippen LogP contribution in [0.1, 0.15) is 46.1 Å². The van der Waals surface area contributed by atoms with Crippen LogP contribution in [0.4, 0.5) is 0 Å². The van der Waals surface area contributed by atoms with E-state index in [9.17, 15) is 9.59 Å². The van der Waals surface area contributed by atoms with E-state index in [-0.39, 0.29) is 30.9 Å². The van der Waals surface area contributed by atoms with Crippen LogP contribution in [0.15, 0.2) is 60.8 Å². The van der Waals surface area contributed by atoms with Gasteiger partial charge in [0.2, 0.25) is 5.91 Å². The third kappa shape index (κ3) is 4.68. The van der Waals surface area contributed by atoms with Gasteiger partial charge in [0.15, 0.2) is 0 Å². The third-order valence-corrected chi connectivity index (χ3v) is 5.06. The van der Waals surface area contributed by atoms with E-state index in [0.717, 1.165) is 19.3 Å². The van der Waals surface area contributed by atoms with Crippen LogP contribution in [-0.4, -0.2) is 26.8 Å². The Morgan fingerprint density at radius 3 is 2.72 bits per heavy atom. The average Bonchev–Trinajstić information content (AvgIpc) is 3.20. The second kappa shape index (κ2) is 8.68. The number of amides is 2. The lowest BCUT2D eigenvalue weighted by molar-refractivity contribution is -0.122. The number of hydrogen-bond acceptors (Lipinski definition) is 4. The van der Waals surface area contributed by atoms with Crippen molar-refractivity contribution >= 4 is 11.8 Å². The quantitative estimate of drug-likeness (QED) is 0.678. The van der Waals surface area contributed by atoms with E-state index >= 15 is 0 Å². The van der Waals surface area contributed by atoms with Gasteiger partial charge < -0.3 is 10.6 Å². The zero-order valence-corrected chi connectivity index (χ0v) is 16.0. The first kappa shape index (κ1) is 18.9. The van der Waals surface area contributed by atoms with Crippen LogP contribution in [0.3, 0.4) is 0 Å². The summed E-state index contributed by atoms with van der Waals surface area (Å²) in [6.07, 6.45) is 4.75. The number of nitrogens with one attached hydrogen (secondary N) is 2. The van der Waals surface area contributed by atoms with Crippen molar-refractivity contribution in [3.8, 4) is 0 Å². The smallest absolute Gasteiger partial charge is 0.251 e. The first-order valence-electron chi connectivity index (χ1n) is 9.78. The molecule has 1 heterocycles. The number of hydrogen-bond donors (Lipinski definition) is 2. The van der Waals surface area contributed by atoms with Gasteiger partial charge in [0.25, 0.3) is 5.91 Å². The third-order valence-electron chi connectivity index (χ3n) is 5.06. The molecule has 0 saturated carbocycles. The Morgan fingerprint density at radius 2 is 1.86 bits per heavy atom. The molecule has 148 valence electrons. The summed E-state index contributed by atoms with van der Waals surface area (Å²) in [6, 6.07) is 17.3. The molecule has 1 aromatic heterocycles. The maximum atomic E-state index is 12.5. The lowest BCUT2D eigenvalue weighted by Crippen LogP contribution is -2.33. The molecule has 7 heteroatoms. The molecule has 2 aromatic carbocycles. The van der Waals surface area contributed by atoms with Crippen LogP contribution in [0.5, 0.6) is 0 Å². The van der Waals surface area contributed by atoms with Gasteiger partial charge in [-0.15, -0.1) is 5.10 Å². The molecule has 0 aliphatic heterocycles. The molecule has 0 spiro atoms. The van der Waals surface area contributed by atoms with Gasteiger partial charge in [-0.2, -0.15) is 0 Å². The van der Waals surface area contributed by atoms with Crippen molar-refractivity contribution in [2.75, 3.05) is 0 Å². The van der Waals surface area contributed by atoms with Gasteiger partial charge in [-0.1, -0.05) is 47.7 Å². The minimum Gasteiger partial charge on any atom is -0.348 e. The molecule has 0 radical (unpaired) electrons. The fourth-order valence-corrected chi connectivity index (χ4v) is 3.65. The van der Waals surface area contributed by atoms with Crippen molar-refractivity contribution in [3.05, 3.63) is 83.2 Å². The Labute approximate surface area is 169 Å². The number of fused-ring (bicyclic) bond motifs is 1. The summed E-state index contributed by atoms with van der Waals surface area (Å²) in [5, 5.41) is 13.9. The van der Waals surface area contributed by atoms with E-state index in [4.69, 9.17) is 0 Å². The molecule has 29 heavy (non-hydrogen) atoms. The van der Waals surface area contributed by atoms with E-state index in [0.29, 0.717) is 11.3 Å². The normalized spacial score (nSPS) is 15.4. The molecule has 7 nitrogen and oxygen atoms in total. The van der Waals surface area contributed by atoms with E-state index in [1.165, 1.54) is 15.8 Å². The average molecular weight is 389 g/mol. The molecule has 4 rings (SSSR count). The van der Waals surface area contributed by atoms with Crippen molar-refractivity contribution in [2.45, 2.75) is 38.4 Å². The van der Waals surface area contributed by atoms with Crippen molar-refractivity contribution < 1.29 is 9.59 Å². The van der Waals surface area contributed by atoms with Gasteiger partial charge in [-0.05, 0) is 42.5 Å². The topological polar surface area (TPSA) is 88.9 Å². The van der Waals surface area contributed by atoms with Crippen molar-refractivity contribution in [1.82, 2.24) is 25.6 Å². The molecular weight excluding hydrogens is 366 g/mol. The fourth-order valence-electron chi connectivity index (χ4n) is 3.65. The molecule has 1 aliphatic rings. The van der Waals surface area contributed by atoms with Crippen LogP contribution in [-0.2, 0) is 24.3 Å². The Balaban J connectivity index is 1.30. The molecule has 1 aliphatic carbocycles. The SMILES string of the molecule is O=C(Cn1cc(CNC(=O)c2ccccc2)nn1)NC1CCCc2ccccc21. The van der Waals surface area contributed by atoms with Crippen molar-refractivity contribution in [3.63, 3.8) is 0 Å². The Bertz CT molecular complexity index is 999. The molecule has 1 atom stereocenters. The van der Waals surface area contributed by atoms with Crippen LogP contribution < -0.4 is 10.6 Å². The number of carbonyl (C=O) groups excluding carboxylic acids is 2. The largest absolute Gasteiger partial charge is 0.348 e. The van der Waals surface area contributed by atoms with Crippen LogP contribution >= 0.6 is 0 Å². The Kier molecular flexibility index (Phi) is 5.65. The summed E-state index contributed by atoms with van der Waals surface area (Å²) >= 11 is 0. The van der Waals surface area contributed by atoms with Gasteiger partial charge in [0, 0.05) is 5.56 Å². The summed E-state index contributed by atoms with van der Waals surface area (Å²) in [5.74, 6) is -0.273. The van der Waals surface area contributed by atoms with E-state index < -0.39 is 0 Å². The molecule has 0 bridgehead atoms. The lowest BCUT2D eigenvalue weighted by atomic mass is 9.88. The second-order valence-corrected chi connectivity index (χ2v) is 7.17. The minimum atomic E-state index is -0.172. The number of carbonyl (C=O) groups is 2. The zero-order valence-electron chi connectivity index (χ0n) is 16.0. The highest BCUT2D eigenvalue weighted by atomic mass is 16.2. The van der Waals surface area contributed by atoms with Gasteiger partial charge in [0.1, 0.15) is 12.2 Å². The highest BCUT2D eigenvalue weighted by molar-refractivity contribution is 5.94. The van der Waals surface area contributed by atoms with Crippen LogP contribution in [0.25, 0.3) is 0 Å². The zero-order chi connectivity index (χ0) is 20.1. The predicted molar refractivity (Wildman–Crippen MR) is 108 cm³/mol. The van der Waals surface area contributed by atoms with E-state index in [1.54, 1.807) is 18.3 Å². The molecule has 0 saturated heterocycles. The summed E-state index contributed by atoms with van der Waals surface area (Å²) in [5.41, 5.74) is 3.70. The van der Waals surface area contributed by atoms with Gasteiger partial charge in [-0.3, -0.25) is 9.59 Å². The Morgan fingerprint density at radius 1 is 1.07 bits per heavy atom. The molecule has 1 unspecified atom stereocenters. The first-order chi connectivity index (χ1) is 14.2. The number of aromatic nitrogens is 3. The predicted octanol–water partition coefficient (Wildman–Crippen LogP) is 2.40. The van der Waals surface area contributed by atoms with E-state index in [2.05, 4.69) is 33.1 Å². The highest BCUT2D eigenvalue weighted by Gasteiger charge is 2.21. The lowest BCUT2D eigenvalue weighted by Gasteiger charge is -2.26. The molecule has 3 aromatic rings. The number of rotatable bonds is 6. The standard InChI is InChI=1S/C22H23N5O2/c28-21(24-20-12-6-10-16-7-4-5-11-19(16)20)15-27-14-18(25-26-27)13-23-22(29)17-8-2-1-3-9-17/h1-5,7-9,11,14,20H,6,10,12-13,15H2,(H,23,29)(H,24,28). The van der Waals surface area contributed by atoms with Gasteiger partial charge >= 0.3 is 0 Å². The van der Waals surface area contributed by atoms with Crippen molar-refractivity contribution in [2.24, 2.45) is 0 Å². The summed E-state index contributed by atoms with van der Waals surface area (Å²) in [7, 11) is 0. The number of nitrogens with zero attached hydrogens (tertiary/aromatic N) is 3. The highest BCUT2D eigenvalue weighted by Crippen LogP contribution is 2.29. The van der Waals surface area contributed by atoms with E-state index in [1.807, 2.05) is 30.3 Å². The molecule has 0 fully saturated rings. The Hall–Kier alpha value is -3.48. The minimum absolute atomic E-state index is 0.0422. The molecule has 2 amide bonds. The summed E-state index contributed by atoms with van der Waals surface area (Å²) in [4.78, 5) is 24.6. The monoisotopic (exact) mass is 389 g/mol. The number of benzene rings is 2. The maximum absolute atomic E-state index is 12.5. The van der Waals surface area contributed by atoms with Crippen molar-refractivity contribution in [1.29, 1.82) is 0 Å². The summed E-state index contributed by atoms with van der Waals surface area (Å²) < 4.78 is 1.49.